The monoisotopic (exact) mass is 251 g/mol. The lowest BCUT2D eigenvalue weighted by molar-refractivity contribution is -0.870. The van der Waals surface area contributed by atoms with Crippen molar-refractivity contribution in [1.82, 2.24) is 0 Å². The summed E-state index contributed by atoms with van der Waals surface area (Å²) in [6.45, 7) is 4.80. The number of ether oxygens (including phenoxy) is 1. The average molecular weight is 252 g/mol. The van der Waals surface area contributed by atoms with E-state index in [0.717, 1.165) is 17.4 Å². The van der Waals surface area contributed by atoms with E-state index < -0.39 is 0 Å². The zero-order valence-electron chi connectivity index (χ0n) is 8.55. The molecule has 0 aromatic rings. The molecule has 0 saturated heterocycles. The number of halogens is 1. The first kappa shape index (κ1) is 15.1. The number of rotatable bonds is 5. The average Bonchev–Trinajstić information content (AvgIpc) is 1.96. The number of carbonyl (C=O) groups is 1. The molecule has 0 bridgehead atoms. The molecular weight excluding hydrogens is 234 g/mol. The molecule has 78 valence electrons. The van der Waals surface area contributed by atoms with Crippen molar-refractivity contribution in [3.8, 4) is 0 Å². The van der Waals surface area contributed by atoms with Crippen molar-refractivity contribution < 1.29 is 31.0 Å². The number of nitrogens with zero attached hydrogens (tertiary/aromatic N) is 1. The van der Waals surface area contributed by atoms with Crippen LogP contribution in [-0.2, 0) is 9.53 Å². The minimum Gasteiger partial charge on any atom is -1.00 e. The smallest absolute Gasteiger partial charge is 0.330 e. The van der Waals surface area contributed by atoms with E-state index in [9.17, 15) is 4.79 Å². The molecule has 0 radical (unpaired) electrons. The Hall–Kier alpha value is -0.350. The highest BCUT2D eigenvalue weighted by Crippen LogP contribution is 1.94. The van der Waals surface area contributed by atoms with Gasteiger partial charge in [0.05, 0.1) is 34.3 Å². The Morgan fingerprint density at radius 2 is 2.00 bits per heavy atom. The van der Waals surface area contributed by atoms with Gasteiger partial charge in [-0.1, -0.05) is 6.58 Å². The molecular formula is C9H18BrNO2. The van der Waals surface area contributed by atoms with Crippen LogP contribution in [0.2, 0.25) is 0 Å². The molecule has 0 aromatic heterocycles. The molecule has 0 heterocycles. The number of quaternary nitrogens is 1. The molecule has 0 aromatic carbocycles. The first-order chi connectivity index (χ1) is 5.45. The van der Waals surface area contributed by atoms with Crippen molar-refractivity contribution in [2.75, 3.05) is 34.3 Å². The molecule has 0 N–H and O–H groups in total. The van der Waals surface area contributed by atoms with E-state index in [-0.39, 0.29) is 23.0 Å². The second-order valence-electron chi connectivity index (χ2n) is 3.74. The van der Waals surface area contributed by atoms with Gasteiger partial charge in [-0.2, -0.15) is 0 Å². The van der Waals surface area contributed by atoms with Crippen LogP contribution in [0.25, 0.3) is 0 Å². The molecule has 0 rings (SSSR count). The summed E-state index contributed by atoms with van der Waals surface area (Å²) in [5.41, 5.74) is 0. The summed E-state index contributed by atoms with van der Waals surface area (Å²) in [4.78, 5) is 10.6. The molecule has 3 nitrogen and oxygen atoms in total. The van der Waals surface area contributed by atoms with Gasteiger partial charge in [-0.15, -0.1) is 0 Å². The Balaban J connectivity index is 0. The van der Waals surface area contributed by atoms with Gasteiger partial charge in [-0.3, -0.25) is 0 Å². The summed E-state index contributed by atoms with van der Waals surface area (Å²) in [6, 6.07) is 0. The maximum absolute atomic E-state index is 10.6. The van der Waals surface area contributed by atoms with Crippen LogP contribution in [0.1, 0.15) is 6.42 Å². The van der Waals surface area contributed by atoms with E-state index in [4.69, 9.17) is 4.74 Å². The number of hydrogen-bond acceptors (Lipinski definition) is 2. The molecule has 0 saturated carbocycles. The highest BCUT2D eigenvalue weighted by molar-refractivity contribution is 5.81. The van der Waals surface area contributed by atoms with Crippen LogP contribution < -0.4 is 17.0 Å². The molecule has 0 aliphatic carbocycles. The Bertz CT molecular complexity index is 163. The van der Waals surface area contributed by atoms with Crippen LogP contribution in [0, 0.1) is 0 Å². The van der Waals surface area contributed by atoms with Crippen LogP contribution in [0.5, 0.6) is 0 Å². The molecule has 0 aliphatic rings. The van der Waals surface area contributed by atoms with Gasteiger partial charge in [0.25, 0.3) is 0 Å². The van der Waals surface area contributed by atoms with Gasteiger partial charge in [0, 0.05) is 12.5 Å². The number of hydrogen-bond donors (Lipinski definition) is 0. The maximum Gasteiger partial charge on any atom is 0.330 e. The standard InChI is InChI=1S/C9H18NO2.BrH/c1-5-9(11)12-8-6-7-10(2,3)4;/h5H,1,6-8H2,2-4H3;1H/q+1;/p-1. The third-order valence-corrected chi connectivity index (χ3v) is 1.38. The number of carbonyl (C=O) groups excluding carboxylic acids is 1. The first-order valence-electron chi connectivity index (χ1n) is 4.05. The van der Waals surface area contributed by atoms with Gasteiger partial charge < -0.3 is 26.2 Å². The van der Waals surface area contributed by atoms with E-state index in [1.807, 2.05) is 0 Å². The molecule has 0 fully saturated rings. The largest absolute Gasteiger partial charge is 1.00 e. The predicted octanol–water partition coefficient (Wildman–Crippen LogP) is -2.18. The minimum absolute atomic E-state index is 0. The zero-order chi connectivity index (χ0) is 9.61. The van der Waals surface area contributed by atoms with Crippen molar-refractivity contribution in [3.63, 3.8) is 0 Å². The van der Waals surface area contributed by atoms with Crippen molar-refractivity contribution in [2.24, 2.45) is 0 Å². The SMILES string of the molecule is C=CC(=O)OCCC[N+](C)(C)C.[Br-]. The topological polar surface area (TPSA) is 26.3 Å². The lowest BCUT2D eigenvalue weighted by atomic mass is 10.4. The van der Waals surface area contributed by atoms with E-state index in [2.05, 4.69) is 27.7 Å². The summed E-state index contributed by atoms with van der Waals surface area (Å²) in [5.74, 6) is -0.337. The summed E-state index contributed by atoms with van der Waals surface area (Å²) < 4.78 is 5.71. The Kier molecular flexibility index (Phi) is 8.26. The summed E-state index contributed by atoms with van der Waals surface area (Å²) in [5, 5.41) is 0. The Labute approximate surface area is 90.7 Å². The van der Waals surface area contributed by atoms with Crippen LogP contribution in [-0.4, -0.2) is 44.7 Å². The molecule has 0 aliphatic heterocycles. The Morgan fingerprint density at radius 3 is 2.38 bits per heavy atom. The van der Waals surface area contributed by atoms with E-state index >= 15 is 0 Å². The Morgan fingerprint density at radius 1 is 1.46 bits per heavy atom. The highest BCUT2D eigenvalue weighted by atomic mass is 79.9. The van der Waals surface area contributed by atoms with Crippen LogP contribution in [0.4, 0.5) is 0 Å². The number of esters is 1. The molecule has 0 atom stereocenters. The second kappa shape index (κ2) is 7.09. The molecule has 4 heteroatoms. The quantitative estimate of drug-likeness (QED) is 0.241. The zero-order valence-corrected chi connectivity index (χ0v) is 10.1. The van der Waals surface area contributed by atoms with Crippen molar-refractivity contribution in [1.29, 1.82) is 0 Å². The molecule has 0 spiro atoms. The normalized spacial score (nSPS) is 10.1. The van der Waals surface area contributed by atoms with Crippen LogP contribution in [0.15, 0.2) is 12.7 Å². The molecule has 0 amide bonds. The summed E-state index contributed by atoms with van der Waals surface area (Å²) >= 11 is 0. The third kappa shape index (κ3) is 11.7. The fourth-order valence-electron chi connectivity index (χ4n) is 0.771. The van der Waals surface area contributed by atoms with Gasteiger partial charge >= 0.3 is 5.97 Å². The summed E-state index contributed by atoms with van der Waals surface area (Å²) in [7, 11) is 6.32. The van der Waals surface area contributed by atoms with Gasteiger partial charge in [0.2, 0.25) is 0 Å². The van der Waals surface area contributed by atoms with Crippen molar-refractivity contribution in [2.45, 2.75) is 6.42 Å². The third-order valence-electron chi connectivity index (χ3n) is 1.38. The van der Waals surface area contributed by atoms with Gasteiger partial charge in [-0.25, -0.2) is 4.79 Å². The van der Waals surface area contributed by atoms with E-state index in [1.165, 1.54) is 6.08 Å². The van der Waals surface area contributed by atoms with E-state index in [1.54, 1.807) is 0 Å². The van der Waals surface area contributed by atoms with E-state index in [0.29, 0.717) is 6.61 Å². The first-order valence-corrected chi connectivity index (χ1v) is 4.05. The molecule has 0 unspecified atom stereocenters. The fourth-order valence-corrected chi connectivity index (χ4v) is 0.771. The minimum atomic E-state index is -0.337. The lowest BCUT2D eigenvalue weighted by Crippen LogP contribution is -3.00. The maximum atomic E-state index is 10.6. The predicted molar refractivity (Wildman–Crippen MR) is 48.7 cm³/mol. The van der Waals surface area contributed by atoms with Gasteiger partial charge in [0.15, 0.2) is 0 Å². The second-order valence-corrected chi connectivity index (χ2v) is 3.74. The fraction of sp³-hybridized carbons (Fsp3) is 0.667. The van der Waals surface area contributed by atoms with Gasteiger partial charge in [0.1, 0.15) is 0 Å². The van der Waals surface area contributed by atoms with Crippen LogP contribution in [0.3, 0.4) is 0 Å². The van der Waals surface area contributed by atoms with Crippen molar-refractivity contribution >= 4 is 5.97 Å². The van der Waals surface area contributed by atoms with Crippen LogP contribution >= 0.6 is 0 Å². The molecule has 13 heavy (non-hydrogen) atoms. The van der Waals surface area contributed by atoms with Gasteiger partial charge in [-0.05, 0) is 0 Å². The summed E-state index contributed by atoms with van der Waals surface area (Å²) in [6.07, 6.45) is 2.08. The highest BCUT2D eigenvalue weighted by Gasteiger charge is 2.06. The van der Waals surface area contributed by atoms with Crippen molar-refractivity contribution in [3.05, 3.63) is 12.7 Å². The lowest BCUT2D eigenvalue weighted by Gasteiger charge is -2.23.